The van der Waals surface area contributed by atoms with Gasteiger partial charge in [0.15, 0.2) is 5.78 Å². The number of nitro benzene ring substituents is 1. The van der Waals surface area contributed by atoms with E-state index in [1.165, 1.54) is 36.4 Å². The molecule has 0 bridgehead atoms. The first kappa shape index (κ1) is 19.1. The van der Waals surface area contributed by atoms with E-state index in [0.717, 1.165) is 0 Å². The number of carboxylic acids is 1. The molecule has 0 heterocycles. The number of carbonyl (C=O) groups excluding carboxylic acids is 1. The summed E-state index contributed by atoms with van der Waals surface area (Å²) in [5.41, 5.74) is 1.00. The van der Waals surface area contributed by atoms with Crippen LogP contribution >= 0.6 is 11.6 Å². The summed E-state index contributed by atoms with van der Waals surface area (Å²) in [5, 5.41) is 23.9. The Balaban J connectivity index is 1.92. The Morgan fingerprint density at radius 1 is 0.893 bits per heavy atom. The van der Waals surface area contributed by atoms with Crippen molar-refractivity contribution in [1.29, 1.82) is 0 Å². The van der Waals surface area contributed by atoms with Crippen LogP contribution in [-0.2, 0) is 0 Å². The molecule has 0 saturated heterocycles. The lowest BCUT2D eigenvalue weighted by Crippen LogP contribution is -2.10. The number of non-ortho nitro benzene ring substituents is 1. The van der Waals surface area contributed by atoms with E-state index in [4.69, 9.17) is 11.6 Å². The molecule has 7 nitrogen and oxygen atoms in total. The Morgan fingerprint density at radius 3 is 2.07 bits per heavy atom. The average Bonchev–Trinajstić information content (AvgIpc) is 2.69. The zero-order chi connectivity index (χ0) is 20.3. The Morgan fingerprint density at radius 2 is 1.50 bits per heavy atom. The summed E-state index contributed by atoms with van der Waals surface area (Å²) in [6.45, 7) is 0. The zero-order valence-corrected chi connectivity index (χ0v) is 15.0. The predicted molar refractivity (Wildman–Crippen MR) is 105 cm³/mol. The first-order valence-electron chi connectivity index (χ1n) is 8.04. The van der Waals surface area contributed by atoms with Crippen LogP contribution in [0.25, 0.3) is 0 Å². The molecule has 0 aliphatic carbocycles. The fourth-order valence-corrected chi connectivity index (χ4v) is 2.71. The summed E-state index contributed by atoms with van der Waals surface area (Å²) in [5.74, 6) is -1.80. The van der Waals surface area contributed by atoms with Gasteiger partial charge in [-0.2, -0.15) is 0 Å². The highest BCUT2D eigenvalue weighted by atomic mass is 35.5. The third-order valence-corrected chi connectivity index (χ3v) is 4.22. The highest BCUT2D eigenvalue weighted by Crippen LogP contribution is 2.24. The van der Waals surface area contributed by atoms with Crippen molar-refractivity contribution in [2.24, 2.45) is 0 Å². The normalized spacial score (nSPS) is 10.3. The number of nitro groups is 1. The lowest BCUT2D eigenvalue weighted by atomic mass is 9.97. The van der Waals surface area contributed by atoms with Crippen molar-refractivity contribution in [3.63, 3.8) is 0 Å². The number of hydrogen-bond donors (Lipinski definition) is 2. The Kier molecular flexibility index (Phi) is 5.37. The highest BCUT2D eigenvalue weighted by molar-refractivity contribution is 6.30. The molecule has 0 amide bonds. The van der Waals surface area contributed by atoms with Gasteiger partial charge in [-0.15, -0.1) is 0 Å². The highest BCUT2D eigenvalue weighted by Gasteiger charge is 2.19. The molecule has 8 heteroatoms. The molecule has 0 atom stereocenters. The molecule has 140 valence electrons. The molecule has 0 fully saturated rings. The monoisotopic (exact) mass is 396 g/mol. The van der Waals surface area contributed by atoms with Gasteiger partial charge in [-0.05, 0) is 54.6 Å². The van der Waals surface area contributed by atoms with Crippen LogP contribution in [0.1, 0.15) is 26.3 Å². The topological polar surface area (TPSA) is 110 Å². The minimum atomic E-state index is -1.26. The van der Waals surface area contributed by atoms with Crippen LogP contribution in [0.15, 0.2) is 66.7 Å². The summed E-state index contributed by atoms with van der Waals surface area (Å²) < 4.78 is 0. The number of hydrogen-bond acceptors (Lipinski definition) is 5. The molecule has 3 aromatic carbocycles. The summed E-state index contributed by atoms with van der Waals surface area (Å²) >= 11 is 5.84. The quantitative estimate of drug-likeness (QED) is 0.347. The van der Waals surface area contributed by atoms with Crippen molar-refractivity contribution < 1.29 is 19.6 Å². The molecule has 0 saturated carbocycles. The average molecular weight is 397 g/mol. The molecule has 0 radical (unpaired) electrons. The summed E-state index contributed by atoms with van der Waals surface area (Å²) in [6, 6.07) is 16.2. The van der Waals surface area contributed by atoms with Crippen LogP contribution in [0.2, 0.25) is 5.02 Å². The van der Waals surface area contributed by atoms with E-state index in [1.54, 1.807) is 30.3 Å². The first-order valence-corrected chi connectivity index (χ1v) is 8.42. The van der Waals surface area contributed by atoms with E-state index in [2.05, 4.69) is 5.32 Å². The number of carbonyl (C=O) groups is 2. The second-order valence-electron chi connectivity index (χ2n) is 5.83. The summed E-state index contributed by atoms with van der Waals surface area (Å²) in [7, 11) is 0. The molecular formula is C20H13ClN2O5. The van der Waals surface area contributed by atoms with Crippen molar-refractivity contribution in [2.45, 2.75) is 0 Å². The van der Waals surface area contributed by atoms with Gasteiger partial charge in [0.1, 0.15) is 0 Å². The number of anilines is 2. The molecule has 0 unspecified atom stereocenters. The number of benzene rings is 3. The van der Waals surface area contributed by atoms with Crippen molar-refractivity contribution in [2.75, 3.05) is 5.32 Å². The smallest absolute Gasteiger partial charge is 0.336 e. The maximum absolute atomic E-state index is 12.7. The van der Waals surface area contributed by atoms with Gasteiger partial charge < -0.3 is 10.4 Å². The van der Waals surface area contributed by atoms with Crippen LogP contribution in [0.4, 0.5) is 17.1 Å². The van der Waals surface area contributed by atoms with Crippen molar-refractivity contribution in [3.8, 4) is 0 Å². The van der Waals surface area contributed by atoms with E-state index in [0.29, 0.717) is 16.4 Å². The van der Waals surface area contributed by atoms with Gasteiger partial charge in [-0.1, -0.05) is 11.6 Å². The molecule has 28 heavy (non-hydrogen) atoms. The SMILES string of the molecule is O=C(O)c1cc(Nc2ccc(Cl)cc2)ccc1C(=O)c1ccc([N+](=O)[O-])cc1. The van der Waals surface area contributed by atoms with Gasteiger partial charge in [0, 0.05) is 39.7 Å². The number of carboxylic acid groups (broad SMARTS) is 1. The van der Waals surface area contributed by atoms with Crippen molar-refractivity contribution >= 4 is 40.4 Å². The predicted octanol–water partition coefficient (Wildman–Crippen LogP) is 4.92. The van der Waals surface area contributed by atoms with E-state index < -0.39 is 16.7 Å². The van der Waals surface area contributed by atoms with Crippen molar-refractivity contribution in [1.82, 2.24) is 0 Å². The van der Waals surface area contributed by atoms with Gasteiger partial charge in [0.25, 0.3) is 5.69 Å². The Bertz CT molecular complexity index is 1060. The fraction of sp³-hybridized carbons (Fsp3) is 0. The van der Waals surface area contributed by atoms with Crippen LogP contribution in [0.5, 0.6) is 0 Å². The van der Waals surface area contributed by atoms with E-state index in [-0.39, 0.29) is 22.4 Å². The van der Waals surface area contributed by atoms with Gasteiger partial charge in [-0.3, -0.25) is 14.9 Å². The Hall–Kier alpha value is -3.71. The number of aromatic carboxylic acids is 1. The van der Waals surface area contributed by atoms with E-state index >= 15 is 0 Å². The molecule has 2 N–H and O–H groups in total. The Labute approximate surface area is 164 Å². The lowest BCUT2D eigenvalue weighted by molar-refractivity contribution is -0.384. The standard InChI is InChI=1S/C20H13ClN2O5/c21-13-3-5-14(6-4-13)22-15-7-10-17(18(11-15)20(25)26)19(24)12-1-8-16(9-2-12)23(27)28/h1-11,22H,(H,25,26). The lowest BCUT2D eigenvalue weighted by Gasteiger charge is -2.11. The molecular weight excluding hydrogens is 384 g/mol. The number of rotatable bonds is 6. The minimum Gasteiger partial charge on any atom is -0.478 e. The van der Waals surface area contributed by atoms with Gasteiger partial charge >= 0.3 is 5.97 Å². The first-order chi connectivity index (χ1) is 13.3. The molecule has 3 aromatic rings. The van der Waals surface area contributed by atoms with Crippen LogP contribution in [0.3, 0.4) is 0 Å². The summed E-state index contributed by atoms with van der Waals surface area (Å²) in [4.78, 5) is 34.5. The second kappa shape index (κ2) is 7.89. The number of ketones is 1. The molecule has 3 rings (SSSR count). The fourth-order valence-electron chi connectivity index (χ4n) is 2.59. The van der Waals surface area contributed by atoms with Crippen molar-refractivity contribution in [3.05, 3.63) is 98.6 Å². The molecule has 0 aliphatic rings. The summed E-state index contributed by atoms with van der Waals surface area (Å²) in [6.07, 6.45) is 0. The number of nitrogens with zero attached hydrogens (tertiary/aromatic N) is 1. The maximum Gasteiger partial charge on any atom is 0.336 e. The van der Waals surface area contributed by atoms with E-state index in [9.17, 15) is 24.8 Å². The molecule has 0 spiro atoms. The number of halogens is 1. The van der Waals surface area contributed by atoms with Crippen LogP contribution in [-0.4, -0.2) is 21.8 Å². The van der Waals surface area contributed by atoms with Gasteiger partial charge in [0.05, 0.1) is 10.5 Å². The van der Waals surface area contributed by atoms with Gasteiger partial charge in [-0.25, -0.2) is 4.79 Å². The third-order valence-electron chi connectivity index (χ3n) is 3.97. The third kappa shape index (κ3) is 4.16. The number of nitrogens with one attached hydrogen (secondary N) is 1. The molecule has 0 aliphatic heterocycles. The zero-order valence-electron chi connectivity index (χ0n) is 14.3. The van der Waals surface area contributed by atoms with Crippen LogP contribution in [0, 0.1) is 10.1 Å². The molecule has 0 aromatic heterocycles. The van der Waals surface area contributed by atoms with Crippen LogP contribution < -0.4 is 5.32 Å². The van der Waals surface area contributed by atoms with Gasteiger partial charge in [0.2, 0.25) is 0 Å². The minimum absolute atomic E-state index is 0.0111. The maximum atomic E-state index is 12.7. The van der Waals surface area contributed by atoms with E-state index in [1.807, 2.05) is 0 Å². The largest absolute Gasteiger partial charge is 0.478 e. The second-order valence-corrected chi connectivity index (χ2v) is 6.27.